The zero-order valence-electron chi connectivity index (χ0n) is 14.8. The molecular formula is C19H36O3. The van der Waals surface area contributed by atoms with Crippen molar-refractivity contribution in [2.45, 2.75) is 103 Å². The topological polar surface area (TPSA) is 43.4 Å². The Hall–Kier alpha value is -0.860. The average molecular weight is 312 g/mol. The minimum atomic E-state index is -0.0978. The maximum Gasteiger partial charge on any atom is 0.305 e. The van der Waals surface area contributed by atoms with E-state index in [1.807, 2.05) is 0 Å². The summed E-state index contributed by atoms with van der Waals surface area (Å²) in [6, 6.07) is 0. The van der Waals surface area contributed by atoms with Gasteiger partial charge in [0.15, 0.2) is 0 Å². The average Bonchev–Trinajstić information content (AvgIpc) is 2.53. The van der Waals surface area contributed by atoms with Gasteiger partial charge in [0.1, 0.15) is 5.78 Å². The molecule has 0 bridgehead atoms. The molecule has 0 N–H and O–H groups in total. The van der Waals surface area contributed by atoms with Gasteiger partial charge in [0.25, 0.3) is 0 Å². The van der Waals surface area contributed by atoms with E-state index in [1.54, 1.807) is 0 Å². The Morgan fingerprint density at radius 3 is 1.50 bits per heavy atom. The predicted molar refractivity (Wildman–Crippen MR) is 92.0 cm³/mol. The van der Waals surface area contributed by atoms with Gasteiger partial charge in [-0.3, -0.25) is 9.59 Å². The first-order valence-corrected chi connectivity index (χ1v) is 9.29. The van der Waals surface area contributed by atoms with Gasteiger partial charge >= 0.3 is 5.97 Å². The van der Waals surface area contributed by atoms with Crippen LogP contribution in [0.2, 0.25) is 0 Å². The molecule has 22 heavy (non-hydrogen) atoms. The number of methoxy groups -OCH3 is 1. The van der Waals surface area contributed by atoms with Crippen LogP contribution >= 0.6 is 0 Å². The Morgan fingerprint density at radius 2 is 1.05 bits per heavy atom. The molecule has 0 aromatic heterocycles. The van der Waals surface area contributed by atoms with Gasteiger partial charge in [0.2, 0.25) is 0 Å². The highest BCUT2D eigenvalue weighted by Gasteiger charge is 2.02. The molecule has 0 unspecified atom stereocenters. The number of hydrogen-bond donors (Lipinski definition) is 0. The van der Waals surface area contributed by atoms with E-state index in [0.717, 1.165) is 38.5 Å². The third-order valence-electron chi connectivity index (χ3n) is 4.12. The van der Waals surface area contributed by atoms with Crippen LogP contribution in [0.3, 0.4) is 0 Å². The maximum atomic E-state index is 11.7. The van der Waals surface area contributed by atoms with Crippen LogP contribution in [0.4, 0.5) is 0 Å². The van der Waals surface area contributed by atoms with Gasteiger partial charge in [-0.15, -0.1) is 0 Å². The van der Waals surface area contributed by atoms with E-state index in [1.165, 1.54) is 58.5 Å². The molecule has 0 radical (unpaired) electrons. The van der Waals surface area contributed by atoms with Crippen molar-refractivity contribution >= 4 is 11.8 Å². The Labute approximate surface area is 137 Å². The SMILES string of the molecule is CCCCCCC(=O)CCCCCCCCCCC(=O)OC. The van der Waals surface area contributed by atoms with E-state index in [2.05, 4.69) is 11.7 Å². The van der Waals surface area contributed by atoms with Gasteiger partial charge in [-0.25, -0.2) is 0 Å². The van der Waals surface area contributed by atoms with Gasteiger partial charge in [0, 0.05) is 19.3 Å². The first-order chi connectivity index (χ1) is 10.7. The molecule has 0 aliphatic carbocycles. The van der Waals surface area contributed by atoms with Gasteiger partial charge in [-0.2, -0.15) is 0 Å². The summed E-state index contributed by atoms with van der Waals surface area (Å²) < 4.78 is 4.61. The molecular weight excluding hydrogens is 276 g/mol. The summed E-state index contributed by atoms with van der Waals surface area (Å²) in [4.78, 5) is 22.6. The lowest BCUT2D eigenvalue weighted by atomic mass is 10.0. The lowest BCUT2D eigenvalue weighted by Crippen LogP contribution is -1.99. The van der Waals surface area contributed by atoms with E-state index in [-0.39, 0.29) is 5.97 Å². The van der Waals surface area contributed by atoms with Crippen LogP contribution in [-0.2, 0) is 14.3 Å². The first-order valence-electron chi connectivity index (χ1n) is 9.29. The van der Waals surface area contributed by atoms with Crippen molar-refractivity contribution in [1.82, 2.24) is 0 Å². The molecule has 0 atom stereocenters. The lowest BCUT2D eigenvalue weighted by molar-refractivity contribution is -0.140. The molecule has 3 nitrogen and oxygen atoms in total. The molecule has 3 heteroatoms. The standard InChI is InChI=1S/C19H36O3/c1-3-4-5-12-15-18(20)16-13-10-8-6-7-9-11-14-17-19(21)22-2/h3-17H2,1-2H3. The van der Waals surface area contributed by atoms with Crippen LogP contribution in [-0.4, -0.2) is 18.9 Å². The fourth-order valence-electron chi connectivity index (χ4n) is 2.63. The number of esters is 1. The first kappa shape index (κ1) is 21.1. The highest BCUT2D eigenvalue weighted by molar-refractivity contribution is 5.78. The van der Waals surface area contributed by atoms with Crippen molar-refractivity contribution in [3.05, 3.63) is 0 Å². The van der Waals surface area contributed by atoms with Crippen LogP contribution in [0.15, 0.2) is 0 Å². The molecule has 0 aliphatic heterocycles. The molecule has 0 heterocycles. The minimum absolute atomic E-state index is 0.0978. The van der Waals surface area contributed by atoms with Crippen molar-refractivity contribution in [1.29, 1.82) is 0 Å². The number of rotatable bonds is 16. The summed E-state index contributed by atoms with van der Waals surface area (Å²) >= 11 is 0. The second kappa shape index (κ2) is 16.5. The van der Waals surface area contributed by atoms with Crippen LogP contribution in [0.25, 0.3) is 0 Å². The monoisotopic (exact) mass is 312 g/mol. The molecule has 0 aromatic carbocycles. The van der Waals surface area contributed by atoms with E-state index in [4.69, 9.17) is 0 Å². The van der Waals surface area contributed by atoms with Crippen LogP contribution < -0.4 is 0 Å². The van der Waals surface area contributed by atoms with Crippen molar-refractivity contribution in [2.75, 3.05) is 7.11 Å². The number of Topliss-reactive ketones (excluding diaryl/α,β-unsaturated/α-hetero) is 1. The van der Waals surface area contributed by atoms with Gasteiger partial charge in [-0.05, 0) is 19.3 Å². The molecule has 0 fully saturated rings. The van der Waals surface area contributed by atoms with E-state index in [0.29, 0.717) is 12.2 Å². The number of unbranched alkanes of at least 4 members (excludes halogenated alkanes) is 10. The summed E-state index contributed by atoms with van der Waals surface area (Å²) in [6.07, 6.45) is 16.1. The number of ketones is 1. The van der Waals surface area contributed by atoms with Crippen molar-refractivity contribution in [3.63, 3.8) is 0 Å². The summed E-state index contributed by atoms with van der Waals surface area (Å²) in [5, 5.41) is 0. The summed E-state index contributed by atoms with van der Waals surface area (Å²) in [5.41, 5.74) is 0. The largest absolute Gasteiger partial charge is 0.469 e. The van der Waals surface area contributed by atoms with Crippen molar-refractivity contribution in [3.8, 4) is 0 Å². The second-order valence-corrected chi connectivity index (χ2v) is 6.25. The zero-order chi connectivity index (χ0) is 16.5. The summed E-state index contributed by atoms with van der Waals surface area (Å²) in [6.45, 7) is 2.20. The van der Waals surface area contributed by atoms with Crippen LogP contribution in [0, 0.1) is 0 Å². The van der Waals surface area contributed by atoms with Gasteiger partial charge < -0.3 is 4.74 Å². The minimum Gasteiger partial charge on any atom is -0.469 e. The molecule has 0 rings (SSSR count). The predicted octanol–water partition coefficient (Wildman–Crippen LogP) is 5.60. The van der Waals surface area contributed by atoms with Gasteiger partial charge in [0.05, 0.1) is 7.11 Å². The molecule has 0 saturated carbocycles. The molecule has 0 aliphatic rings. The molecule has 0 aromatic rings. The number of carbonyl (C=O) groups excluding carboxylic acids is 2. The van der Waals surface area contributed by atoms with Crippen molar-refractivity contribution < 1.29 is 14.3 Å². The Kier molecular flexibility index (Phi) is 15.9. The maximum absolute atomic E-state index is 11.7. The normalized spacial score (nSPS) is 10.6. The second-order valence-electron chi connectivity index (χ2n) is 6.25. The fourth-order valence-corrected chi connectivity index (χ4v) is 2.63. The highest BCUT2D eigenvalue weighted by atomic mass is 16.5. The molecule has 0 spiro atoms. The van der Waals surface area contributed by atoms with Gasteiger partial charge in [-0.1, -0.05) is 64.7 Å². The van der Waals surface area contributed by atoms with Crippen LogP contribution in [0.5, 0.6) is 0 Å². The third kappa shape index (κ3) is 15.5. The molecule has 130 valence electrons. The Bertz CT molecular complexity index is 274. The number of ether oxygens (including phenoxy) is 1. The summed E-state index contributed by atoms with van der Waals surface area (Å²) in [5.74, 6) is 0.360. The number of carbonyl (C=O) groups is 2. The third-order valence-corrected chi connectivity index (χ3v) is 4.12. The van der Waals surface area contributed by atoms with E-state index < -0.39 is 0 Å². The van der Waals surface area contributed by atoms with Crippen molar-refractivity contribution in [2.24, 2.45) is 0 Å². The Morgan fingerprint density at radius 1 is 0.636 bits per heavy atom. The van der Waals surface area contributed by atoms with E-state index in [9.17, 15) is 9.59 Å². The fraction of sp³-hybridized carbons (Fsp3) is 0.895. The molecule has 0 amide bonds. The smallest absolute Gasteiger partial charge is 0.305 e. The molecule has 0 saturated heterocycles. The van der Waals surface area contributed by atoms with E-state index >= 15 is 0 Å². The van der Waals surface area contributed by atoms with Crippen LogP contribution in [0.1, 0.15) is 103 Å². The zero-order valence-corrected chi connectivity index (χ0v) is 14.8. The highest BCUT2D eigenvalue weighted by Crippen LogP contribution is 2.12. The Balaban J connectivity index is 3.16. The quantitative estimate of drug-likeness (QED) is 0.275. The summed E-state index contributed by atoms with van der Waals surface area (Å²) in [7, 11) is 1.44. The number of hydrogen-bond acceptors (Lipinski definition) is 3. The lowest BCUT2D eigenvalue weighted by Gasteiger charge is -2.03.